The lowest BCUT2D eigenvalue weighted by atomic mass is 9.85. The van der Waals surface area contributed by atoms with Crippen LogP contribution in [0.25, 0.3) is 0 Å². The lowest BCUT2D eigenvalue weighted by molar-refractivity contribution is 0.0420. The standard InChI is InChI=1S/C13H26N2O4/c1-12(2,3)19-11(18)14-9-5-10(6-9)15-13(4,7-16)8-17/h9-10,15-17H,5-8H2,1-4H3,(H,14,18). The van der Waals surface area contributed by atoms with E-state index in [1.807, 2.05) is 20.8 Å². The second-order valence-corrected chi connectivity index (χ2v) is 6.53. The van der Waals surface area contributed by atoms with Gasteiger partial charge >= 0.3 is 6.09 Å². The van der Waals surface area contributed by atoms with Gasteiger partial charge in [-0.3, -0.25) is 0 Å². The van der Waals surface area contributed by atoms with E-state index in [4.69, 9.17) is 4.74 Å². The summed E-state index contributed by atoms with van der Waals surface area (Å²) in [6.07, 6.45) is 1.15. The molecule has 0 spiro atoms. The van der Waals surface area contributed by atoms with E-state index in [-0.39, 0.29) is 25.3 Å². The zero-order chi connectivity index (χ0) is 14.7. The molecule has 1 aliphatic carbocycles. The summed E-state index contributed by atoms with van der Waals surface area (Å²) in [4.78, 5) is 11.5. The SMILES string of the molecule is CC(CO)(CO)NC1CC(NC(=O)OC(C)(C)C)C1. The summed E-state index contributed by atoms with van der Waals surface area (Å²) in [6, 6.07) is 0.290. The minimum absolute atomic E-state index is 0.0917. The third-order valence-corrected chi connectivity index (χ3v) is 3.11. The molecule has 19 heavy (non-hydrogen) atoms. The molecule has 1 saturated carbocycles. The fourth-order valence-corrected chi connectivity index (χ4v) is 1.96. The normalized spacial score (nSPS) is 23.7. The van der Waals surface area contributed by atoms with Gasteiger partial charge in [-0.1, -0.05) is 0 Å². The second kappa shape index (κ2) is 6.07. The molecule has 0 aromatic rings. The van der Waals surface area contributed by atoms with E-state index in [1.165, 1.54) is 0 Å². The lowest BCUT2D eigenvalue weighted by Gasteiger charge is -2.41. The fourth-order valence-electron chi connectivity index (χ4n) is 1.96. The van der Waals surface area contributed by atoms with Gasteiger partial charge in [-0.05, 0) is 40.5 Å². The third kappa shape index (κ3) is 5.34. The van der Waals surface area contributed by atoms with Crippen LogP contribution < -0.4 is 10.6 Å². The average Bonchev–Trinajstić information content (AvgIpc) is 2.23. The van der Waals surface area contributed by atoms with E-state index in [9.17, 15) is 15.0 Å². The first-order valence-electron chi connectivity index (χ1n) is 6.66. The highest BCUT2D eigenvalue weighted by Crippen LogP contribution is 2.23. The molecule has 0 bridgehead atoms. The minimum atomic E-state index is -0.665. The molecule has 0 aliphatic heterocycles. The van der Waals surface area contributed by atoms with Crippen molar-refractivity contribution in [1.29, 1.82) is 0 Å². The Labute approximate surface area is 114 Å². The van der Waals surface area contributed by atoms with Crippen molar-refractivity contribution in [3.63, 3.8) is 0 Å². The maximum atomic E-state index is 11.5. The number of amides is 1. The molecule has 0 radical (unpaired) electrons. The van der Waals surface area contributed by atoms with Crippen LogP contribution in [0.1, 0.15) is 40.5 Å². The van der Waals surface area contributed by atoms with Crippen molar-refractivity contribution in [3.8, 4) is 0 Å². The van der Waals surface area contributed by atoms with E-state index in [2.05, 4.69) is 10.6 Å². The number of aliphatic hydroxyl groups is 2. The Morgan fingerprint density at radius 1 is 1.16 bits per heavy atom. The van der Waals surface area contributed by atoms with Crippen molar-refractivity contribution in [1.82, 2.24) is 10.6 Å². The third-order valence-electron chi connectivity index (χ3n) is 3.11. The number of alkyl carbamates (subject to hydrolysis) is 1. The van der Waals surface area contributed by atoms with Crippen LogP contribution in [0.4, 0.5) is 4.79 Å². The van der Waals surface area contributed by atoms with Gasteiger partial charge in [-0.15, -0.1) is 0 Å². The highest BCUT2D eigenvalue weighted by molar-refractivity contribution is 5.68. The molecule has 1 aliphatic rings. The van der Waals surface area contributed by atoms with E-state index < -0.39 is 17.2 Å². The Morgan fingerprint density at radius 2 is 1.68 bits per heavy atom. The number of carbonyl (C=O) groups is 1. The zero-order valence-electron chi connectivity index (χ0n) is 12.2. The van der Waals surface area contributed by atoms with Crippen molar-refractivity contribution in [2.24, 2.45) is 0 Å². The summed E-state index contributed by atoms with van der Waals surface area (Å²) in [5, 5.41) is 24.3. The first-order valence-corrected chi connectivity index (χ1v) is 6.66. The van der Waals surface area contributed by atoms with E-state index in [0.29, 0.717) is 0 Å². The molecule has 1 amide bonds. The zero-order valence-corrected chi connectivity index (χ0v) is 12.2. The molecule has 0 atom stereocenters. The van der Waals surface area contributed by atoms with Crippen molar-refractivity contribution in [3.05, 3.63) is 0 Å². The smallest absolute Gasteiger partial charge is 0.407 e. The number of carbonyl (C=O) groups excluding carboxylic acids is 1. The number of rotatable bonds is 5. The monoisotopic (exact) mass is 274 g/mol. The Morgan fingerprint density at radius 3 is 2.11 bits per heavy atom. The maximum absolute atomic E-state index is 11.5. The van der Waals surface area contributed by atoms with Crippen LogP contribution >= 0.6 is 0 Å². The number of hydrogen-bond donors (Lipinski definition) is 4. The summed E-state index contributed by atoms with van der Waals surface area (Å²) in [6.45, 7) is 7.00. The first-order chi connectivity index (χ1) is 8.67. The van der Waals surface area contributed by atoms with Crippen molar-refractivity contribution in [2.75, 3.05) is 13.2 Å². The van der Waals surface area contributed by atoms with E-state index in [0.717, 1.165) is 12.8 Å². The summed E-state index contributed by atoms with van der Waals surface area (Å²) >= 11 is 0. The van der Waals surface area contributed by atoms with Gasteiger partial charge in [0.2, 0.25) is 0 Å². The molecule has 0 unspecified atom stereocenters. The predicted molar refractivity (Wildman–Crippen MR) is 71.9 cm³/mol. The number of ether oxygens (including phenoxy) is 1. The molecule has 0 aromatic carbocycles. The van der Waals surface area contributed by atoms with Gasteiger partial charge in [0, 0.05) is 12.1 Å². The Kier molecular flexibility index (Phi) is 5.18. The van der Waals surface area contributed by atoms with E-state index >= 15 is 0 Å². The Hall–Kier alpha value is -0.850. The molecule has 112 valence electrons. The van der Waals surface area contributed by atoms with E-state index in [1.54, 1.807) is 6.92 Å². The molecule has 1 fully saturated rings. The van der Waals surface area contributed by atoms with Gasteiger partial charge in [0.15, 0.2) is 0 Å². The van der Waals surface area contributed by atoms with Gasteiger partial charge in [0.05, 0.1) is 18.8 Å². The molecular formula is C13H26N2O4. The summed E-state index contributed by atoms with van der Waals surface area (Å²) in [5.41, 5.74) is -1.15. The molecule has 1 rings (SSSR count). The van der Waals surface area contributed by atoms with Crippen LogP contribution in [-0.2, 0) is 4.74 Å². The molecule has 0 saturated heterocycles. The quantitative estimate of drug-likeness (QED) is 0.582. The molecule has 6 heteroatoms. The summed E-state index contributed by atoms with van der Waals surface area (Å²) in [7, 11) is 0. The second-order valence-electron chi connectivity index (χ2n) is 6.53. The molecule has 0 heterocycles. The van der Waals surface area contributed by atoms with Gasteiger partial charge in [-0.25, -0.2) is 4.79 Å². The van der Waals surface area contributed by atoms with Crippen LogP contribution in [0.2, 0.25) is 0 Å². The van der Waals surface area contributed by atoms with Gasteiger partial charge in [0.1, 0.15) is 5.60 Å². The Bertz CT molecular complexity index is 304. The largest absolute Gasteiger partial charge is 0.444 e. The highest BCUT2D eigenvalue weighted by atomic mass is 16.6. The van der Waals surface area contributed by atoms with Gasteiger partial charge in [-0.2, -0.15) is 0 Å². The average molecular weight is 274 g/mol. The highest BCUT2D eigenvalue weighted by Gasteiger charge is 2.35. The van der Waals surface area contributed by atoms with Crippen LogP contribution in [0.15, 0.2) is 0 Å². The number of aliphatic hydroxyl groups excluding tert-OH is 2. The summed E-state index contributed by atoms with van der Waals surface area (Å²) in [5.74, 6) is 0. The number of hydrogen-bond acceptors (Lipinski definition) is 5. The van der Waals surface area contributed by atoms with Crippen LogP contribution in [0, 0.1) is 0 Å². The predicted octanol–water partition coefficient (Wildman–Crippen LogP) is 0.375. The minimum Gasteiger partial charge on any atom is -0.444 e. The van der Waals surface area contributed by atoms with Crippen molar-refractivity contribution >= 4 is 6.09 Å². The Balaban J connectivity index is 2.25. The molecule has 0 aromatic heterocycles. The molecule has 4 N–H and O–H groups in total. The van der Waals surface area contributed by atoms with Crippen LogP contribution in [0.5, 0.6) is 0 Å². The van der Waals surface area contributed by atoms with Crippen LogP contribution in [0.3, 0.4) is 0 Å². The summed E-state index contributed by atoms with van der Waals surface area (Å²) < 4.78 is 5.17. The van der Waals surface area contributed by atoms with Gasteiger partial charge in [0.25, 0.3) is 0 Å². The maximum Gasteiger partial charge on any atom is 0.407 e. The van der Waals surface area contributed by atoms with Crippen molar-refractivity contribution in [2.45, 2.75) is 63.8 Å². The van der Waals surface area contributed by atoms with Crippen LogP contribution in [-0.4, -0.2) is 52.7 Å². The molecule has 6 nitrogen and oxygen atoms in total. The number of nitrogens with one attached hydrogen (secondary N) is 2. The van der Waals surface area contributed by atoms with Gasteiger partial charge < -0.3 is 25.6 Å². The first kappa shape index (κ1) is 16.2. The fraction of sp³-hybridized carbons (Fsp3) is 0.923. The topological polar surface area (TPSA) is 90.8 Å². The lowest BCUT2D eigenvalue weighted by Crippen LogP contribution is -2.61. The van der Waals surface area contributed by atoms with Crippen molar-refractivity contribution < 1.29 is 19.7 Å². The molecular weight excluding hydrogens is 248 g/mol.